The molecule has 6 heteroatoms. The molecule has 27 heavy (non-hydrogen) atoms. The summed E-state index contributed by atoms with van der Waals surface area (Å²) >= 11 is 1.85. The van der Waals surface area contributed by atoms with E-state index in [1.807, 2.05) is 30.0 Å². The summed E-state index contributed by atoms with van der Waals surface area (Å²) in [5, 5.41) is 12.1. The van der Waals surface area contributed by atoms with Gasteiger partial charge in [-0.1, -0.05) is 55.5 Å². The van der Waals surface area contributed by atoms with Gasteiger partial charge in [0.1, 0.15) is 11.9 Å². The van der Waals surface area contributed by atoms with E-state index in [1.54, 1.807) is 6.08 Å². The average molecular weight is 389 g/mol. The van der Waals surface area contributed by atoms with Crippen LogP contribution in [0.5, 0.6) is 0 Å². The second-order valence-electron chi connectivity index (χ2n) is 7.25. The number of benzene rings is 1. The highest BCUT2D eigenvalue weighted by atomic mass is 32.2. The van der Waals surface area contributed by atoms with E-state index in [-0.39, 0.29) is 16.5 Å². The van der Waals surface area contributed by atoms with Crippen LogP contribution in [0.2, 0.25) is 0 Å². The second-order valence-corrected chi connectivity index (χ2v) is 8.40. The molecule has 1 aliphatic heterocycles. The zero-order valence-electron chi connectivity index (χ0n) is 15.5. The van der Waals surface area contributed by atoms with E-state index in [0.717, 1.165) is 36.0 Å². The highest BCUT2D eigenvalue weighted by Gasteiger charge is 2.18. The van der Waals surface area contributed by atoms with E-state index in [2.05, 4.69) is 19.0 Å². The number of rotatable bonds is 5. The molecule has 1 aliphatic rings. The highest BCUT2D eigenvalue weighted by molar-refractivity contribution is 7.99. The van der Waals surface area contributed by atoms with Crippen molar-refractivity contribution >= 4 is 23.8 Å². The molecule has 0 aromatic heterocycles. The van der Waals surface area contributed by atoms with Gasteiger partial charge in [-0.2, -0.15) is 11.8 Å². The van der Waals surface area contributed by atoms with Gasteiger partial charge in [0.25, 0.3) is 0 Å². The fourth-order valence-corrected chi connectivity index (χ4v) is 3.76. The number of aromatic carboxylic acids is 1. The Labute approximate surface area is 163 Å². The Kier molecular flexibility index (Phi) is 7.54. The largest absolute Gasteiger partial charge is 0.478 e. The molecular weight excluding hydrogens is 365 g/mol. The topological polar surface area (TPSA) is 66.7 Å². The molecule has 1 unspecified atom stereocenters. The molecule has 0 aliphatic carbocycles. The van der Waals surface area contributed by atoms with Crippen molar-refractivity contribution in [1.82, 2.24) is 0 Å². The van der Waals surface area contributed by atoms with Gasteiger partial charge >= 0.3 is 5.97 Å². The third-order valence-corrected chi connectivity index (χ3v) is 5.42. The van der Waals surface area contributed by atoms with Crippen LogP contribution >= 0.6 is 11.8 Å². The Morgan fingerprint density at radius 3 is 2.85 bits per heavy atom. The number of carboxylic acid groups (broad SMARTS) is 1. The lowest BCUT2D eigenvalue weighted by atomic mass is 9.85. The van der Waals surface area contributed by atoms with Crippen molar-refractivity contribution in [2.75, 3.05) is 11.5 Å². The zero-order chi connectivity index (χ0) is 19.9. The van der Waals surface area contributed by atoms with Crippen molar-refractivity contribution < 1.29 is 14.3 Å². The molecule has 4 nitrogen and oxygen atoms in total. The van der Waals surface area contributed by atoms with Gasteiger partial charge < -0.3 is 5.11 Å². The molecule has 1 heterocycles. The molecule has 0 saturated carbocycles. The maximum Gasteiger partial charge on any atom is 0.335 e. The number of allylic oxidation sites excluding steroid dienone is 1. The fourth-order valence-electron chi connectivity index (χ4n) is 2.66. The van der Waals surface area contributed by atoms with Gasteiger partial charge in [-0.15, -0.1) is 4.91 Å². The van der Waals surface area contributed by atoms with E-state index < -0.39 is 17.8 Å². The Balaban J connectivity index is 2.24. The van der Waals surface area contributed by atoms with Crippen LogP contribution in [-0.2, 0) is 0 Å². The van der Waals surface area contributed by atoms with Crippen LogP contribution < -0.4 is 0 Å². The van der Waals surface area contributed by atoms with Gasteiger partial charge in [0, 0.05) is 11.3 Å². The van der Waals surface area contributed by atoms with Crippen molar-refractivity contribution in [2.45, 2.75) is 32.7 Å². The van der Waals surface area contributed by atoms with Crippen LogP contribution in [0.4, 0.5) is 4.39 Å². The van der Waals surface area contributed by atoms with Crippen LogP contribution in [0.25, 0.3) is 6.08 Å². The van der Waals surface area contributed by atoms with Crippen LogP contribution in [0.3, 0.4) is 0 Å². The van der Waals surface area contributed by atoms with Crippen molar-refractivity contribution in [3.63, 3.8) is 0 Å². The number of nitrogens with zero attached hydrogens (tertiary/aromatic N) is 1. The lowest BCUT2D eigenvalue weighted by Crippen LogP contribution is -2.13. The minimum Gasteiger partial charge on any atom is -0.478 e. The van der Waals surface area contributed by atoms with E-state index in [9.17, 15) is 14.1 Å². The summed E-state index contributed by atoms with van der Waals surface area (Å²) in [7, 11) is 0. The Morgan fingerprint density at radius 2 is 2.19 bits per heavy atom. The summed E-state index contributed by atoms with van der Waals surface area (Å²) in [5.74, 6) is 0.132. The quantitative estimate of drug-likeness (QED) is 0.655. The molecule has 0 saturated heterocycles. The number of hydrogen-bond donors (Lipinski definition) is 1. The van der Waals surface area contributed by atoms with Gasteiger partial charge in [0.2, 0.25) is 0 Å². The zero-order valence-corrected chi connectivity index (χ0v) is 16.3. The molecular formula is C21H24FNO3S. The van der Waals surface area contributed by atoms with Crippen LogP contribution in [0, 0.1) is 16.1 Å². The van der Waals surface area contributed by atoms with Crippen LogP contribution in [0.1, 0.15) is 42.6 Å². The first-order valence-corrected chi connectivity index (χ1v) is 9.96. The van der Waals surface area contributed by atoms with Crippen molar-refractivity contribution in [3.05, 3.63) is 69.9 Å². The number of hydrogen-bond acceptors (Lipinski definition) is 4. The molecule has 1 atom stereocenters. The summed E-state index contributed by atoms with van der Waals surface area (Å²) in [5.41, 5.74) is 1.03. The predicted octanol–water partition coefficient (Wildman–Crippen LogP) is 5.71. The molecule has 0 fully saturated rings. The summed E-state index contributed by atoms with van der Waals surface area (Å²) in [6, 6.07) is 2.96. The van der Waals surface area contributed by atoms with Crippen LogP contribution in [0.15, 0.2) is 53.3 Å². The predicted molar refractivity (Wildman–Crippen MR) is 110 cm³/mol. The summed E-state index contributed by atoms with van der Waals surface area (Å²) < 4.78 is 14.1. The Hall–Kier alpha value is -2.21. The molecule has 0 amide bonds. The molecule has 0 bridgehead atoms. The average Bonchev–Trinajstić information content (AvgIpc) is 2.62. The Morgan fingerprint density at radius 1 is 1.41 bits per heavy atom. The maximum atomic E-state index is 14.1. The van der Waals surface area contributed by atoms with Gasteiger partial charge in [0.05, 0.1) is 5.56 Å². The minimum absolute atomic E-state index is 0.118. The number of thioether (sulfide) groups is 1. The van der Waals surface area contributed by atoms with E-state index >= 15 is 0 Å². The fraction of sp³-hybridized carbons (Fsp3) is 0.381. The third-order valence-electron chi connectivity index (χ3n) is 4.50. The van der Waals surface area contributed by atoms with E-state index in [4.69, 9.17) is 5.11 Å². The van der Waals surface area contributed by atoms with Crippen molar-refractivity contribution in [1.29, 1.82) is 0 Å². The minimum atomic E-state index is -1.19. The first-order valence-electron chi connectivity index (χ1n) is 8.80. The molecule has 2 rings (SSSR count). The van der Waals surface area contributed by atoms with Gasteiger partial charge in [-0.3, -0.25) is 0 Å². The van der Waals surface area contributed by atoms with E-state index in [1.165, 1.54) is 18.2 Å². The summed E-state index contributed by atoms with van der Waals surface area (Å²) in [6.07, 6.45) is 10.9. The normalized spacial score (nSPS) is 18.7. The SMILES string of the molecule is CC1(C)CC=C(C(C=Cc2ccc(C(=O)O)cc2F)N=O)C=CCSCC1. The molecule has 1 aromatic carbocycles. The van der Waals surface area contributed by atoms with Crippen molar-refractivity contribution in [2.24, 2.45) is 10.6 Å². The van der Waals surface area contributed by atoms with Gasteiger partial charge in [-0.25, -0.2) is 9.18 Å². The molecule has 0 radical (unpaired) electrons. The van der Waals surface area contributed by atoms with Gasteiger partial charge in [0.15, 0.2) is 0 Å². The standard InChI is InChI=1S/C21H24FNO3S/c1-21(2)10-9-16(4-3-12-27-13-11-21)19(23-26)8-7-15-5-6-17(20(24)25)14-18(15)22/h3-9,14,19H,10-13H2,1-2H3,(H,24,25). The number of halogens is 1. The highest BCUT2D eigenvalue weighted by Crippen LogP contribution is 2.30. The lowest BCUT2D eigenvalue weighted by Gasteiger charge is -2.24. The molecule has 1 aromatic rings. The lowest BCUT2D eigenvalue weighted by molar-refractivity contribution is 0.0696. The van der Waals surface area contributed by atoms with E-state index in [0.29, 0.717) is 0 Å². The monoisotopic (exact) mass is 389 g/mol. The third kappa shape index (κ3) is 6.47. The van der Waals surface area contributed by atoms with Gasteiger partial charge in [-0.05, 0) is 41.7 Å². The first kappa shape index (κ1) is 21.1. The smallest absolute Gasteiger partial charge is 0.335 e. The Bertz CT molecular complexity index is 784. The number of carbonyl (C=O) groups is 1. The molecule has 0 spiro atoms. The summed E-state index contributed by atoms with van der Waals surface area (Å²) in [6.45, 7) is 4.40. The van der Waals surface area contributed by atoms with Crippen molar-refractivity contribution in [3.8, 4) is 0 Å². The summed E-state index contributed by atoms with van der Waals surface area (Å²) in [4.78, 5) is 22.3. The maximum absolute atomic E-state index is 14.1. The first-order chi connectivity index (χ1) is 12.8. The number of nitroso groups, excluding NO2 is 1. The molecule has 1 N–H and O–H groups in total. The molecule has 144 valence electrons. The second kappa shape index (κ2) is 9.65. The number of carboxylic acids is 1. The van der Waals surface area contributed by atoms with Crippen LogP contribution in [-0.4, -0.2) is 28.6 Å².